The van der Waals surface area contributed by atoms with Crippen molar-refractivity contribution in [1.82, 2.24) is 29.0 Å². The van der Waals surface area contributed by atoms with Crippen molar-refractivity contribution >= 4 is 51.8 Å². The van der Waals surface area contributed by atoms with E-state index in [0.29, 0.717) is 56.4 Å². The molecule has 3 aromatic heterocycles. The van der Waals surface area contributed by atoms with Gasteiger partial charge in [-0.2, -0.15) is 22.7 Å². The lowest BCUT2D eigenvalue weighted by Gasteiger charge is -2.36. The van der Waals surface area contributed by atoms with Crippen LogP contribution in [-0.4, -0.2) is 80.3 Å². The van der Waals surface area contributed by atoms with Crippen LogP contribution in [0.4, 0.5) is 30.2 Å². The highest BCUT2D eigenvalue weighted by Gasteiger charge is 2.32. The number of nitrogens with zero attached hydrogens (tertiary/aromatic N) is 7. The van der Waals surface area contributed by atoms with E-state index in [2.05, 4.69) is 20.4 Å². The molecule has 0 radical (unpaired) electrons. The summed E-state index contributed by atoms with van der Waals surface area (Å²) in [6.07, 6.45) is -0.427. The Morgan fingerprint density at radius 2 is 1.92 bits per heavy atom. The molecule has 0 unspecified atom stereocenters. The number of aromatic nitrogens is 5. The molecule has 4 aromatic rings. The Morgan fingerprint density at radius 3 is 2.56 bits per heavy atom. The lowest BCUT2D eigenvalue weighted by Crippen LogP contribution is -2.51. The fraction of sp³-hybridized carbons (Fsp3) is 0.355. The smallest absolute Gasteiger partial charge is 0.397 e. The Morgan fingerprint density at radius 1 is 1.15 bits per heavy atom. The molecule has 6 rings (SSSR count). The van der Waals surface area contributed by atoms with Crippen LogP contribution >= 0.6 is 11.6 Å². The number of hydrogen-bond acceptors (Lipinski definition) is 9. The van der Waals surface area contributed by atoms with Crippen molar-refractivity contribution < 1.29 is 27.5 Å². The summed E-state index contributed by atoms with van der Waals surface area (Å²) in [6.45, 7) is 3.44. The Kier molecular flexibility index (Phi) is 9.11. The van der Waals surface area contributed by atoms with Crippen molar-refractivity contribution in [3.05, 3.63) is 80.8 Å². The van der Waals surface area contributed by atoms with Crippen molar-refractivity contribution in [2.24, 2.45) is 0 Å². The predicted octanol–water partition coefficient (Wildman–Crippen LogP) is 3.51. The number of anilines is 3. The average Bonchev–Trinajstić information content (AvgIpc) is 3.53. The van der Waals surface area contributed by atoms with E-state index in [9.17, 15) is 27.6 Å². The van der Waals surface area contributed by atoms with Gasteiger partial charge in [-0.25, -0.2) is 4.98 Å². The molecule has 1 fully saturated rings. The number of piperazine rings is 1. The first-order chi connectivity index (χ1) is 23.0. The summed E-state index contributed by atoms with van der Waals surface area (Å²) in [5, 5.41) is 6.83. The highest BCUT2D eigenvalue weighted by atomic mass is 35.5. The van der Waals surface area contributed by atoms with Gasteiger partial charge in [-0.3, -0.25) is 14.4 Å². The van der Waals surface area contributed by atoms with Crippen molar-refractivity contribution in [3.63, 3.8) is 0 Å². The minimum Gasteiger partial charge on any atom is -0.397 e. The van der Waals surface area contributed by atoms with E-state index in [4.69, 9.17) is 22.1 Å². The van der Waals surface area contributed by atoms with Gasteiger partial charge in [-0.05, 0) is 48.7 Å². The lowest BCUT2D eigenvalue weighted by molar-refractivity contribution is -0.137. The van der Waals surface area contributed by atoms with Gasteiger partial charge < -0.3 is 30.2 Å². The molecule has 0 saturated carbocycles. The van der Waals surface area contributed by atoms with Crippen LogP contribution in [0.15, 0.2) is 47.4 Å². The molecular formula is C31H31ClF3N9O4. The molecule has 2 amide bonds. The predicted molar refractivity (Wildman–Crippen MR) is 172 cm³/mol. The zero-order valence-corrected chi connectivity index (χ0v) is 26.5. The van der Waals surface area contributed by atoms with Crippen LogP contribution in [0.3, 0.4) is 0 Å². The maximum atomic E-state index is 14.1. The lowest BCUT2D eigenvalue weighted by atomic mass is 10.1. The number of benzene rings is 1. The maximum Gasteiger partial charge on any atom is 0.416 e. The van der Waals surface area contributed by atoms with Crippen molar-refractivity contribution in [3.8, 4) is 0 Å². The first-order valence-corrected chi connectivity index (χ1v) is 15.5. The van der Waals surface area contributed by atoms with E-state index in [1.165, 1.54) is 6.20 Å². The van der Waals surface area contributed by atoms with Gasteiger partial charge in [0.1, 0.15) is 12.2 Å². The van der Waals surface area contributed by atoms with Crippen LogP contribution < -0.4 is 21.5 Å². The van der Waals surface area contributed by atoms with E-state index < -0.39 is 23.2 Å². The molecule has 3 N–H and O–H groups in total. The Balaban J connectivity index is 1.35. The average molecular weight is 686 g/mol. The molecular weight excluding hydrogens is 655 g/mol. The molecule has 0 atom stereocenters. The number of carbonyl (C=O) groups is 2. The van der Waals surface area contributed by atoms with E-state index in [-0.39, 0.29) is 53.4 Å². The highest BCUT2D eigenvalue weighted by Crippen LogP contribution is 2.34. The number of alkyl halides is 3. The van der Waals surface area contributed by atoms with Crippen molar-refractivity contribution in [2.75, 3.05) is 55.3 Å². The third kappa shape index (κ3) is 6.44. The minimum atomic E-state index is -4.60. The summed E-state index contributed by atoms with van der Waals surface area (Å²) in [7, 11) is 0. The number of nitrogens with two attached hydrogens (primary N) is 1. The molecule has 17 heteroatoms. The number of pyridine rings is 1. The molecule has 2 aliphatic heterocycles. The molecule has 13 nitrogen and oxygen atoms in total. The standard InChI is InChI=1S/C31H31ClF3N9O4/c1-2-23-26(41-10-12-42(13-11-41)28(46)25-21(36)4-3-9-37-25)29(47)44-30(39-27(40-44)18-7-14-48-15-8-18)43(23)17-24(45)38-22-6-5-19(16-20(22)32)31(33,34)35/h3-7,9,16H,2,8,10-15,17,36H2,1H3,(H,38,45). The molecule has 5 heterocycles. The largest absolute Gasteiger partial charge is 0.416 e. The quantitative estimate of drug-likeness (QED) is 0.298. The van der Waals surface area contributed by atoms with Gasteiger partial charge in [0.15, 0.2) is 11.5 Å². The van der Waals surface area contributed by atoms with E-state index >= 15 is 0 Å². The number of amides is 2. The van der Waals surface area contributed by atoms with Crippen molar-refractivity contribution in [2.45, 2.75) is 32.5 Å². The first-order valence-electron chi connectivity index (χ1n) is 15.2. The van der Waals surface area contributed by atoms with Crippen LogP contribution in [0.1, 0.15) is 40.9 Å². The number of halogens is 4. The highest BCUT2D eigenvalue weighted by molar-refractivity contribution is 6.33. The number of hydrogen-bond donors (Lipinski definition) is 2. The van der Waals surface area contributed by atoms with Gasteiger partial charge in [0.05, 0.1) is 40.9 Å². The zero-order chi connectivity index (χ0) is 34.2. The number of carbonyl (C=O) groups excluding carboxylic acids is 2. The van der Waals surface area contributed by atoms with E-state index in [1.54, 1.807) is 21.6 Å². The summed E-state index contributed by atoms with van der Waals surface area (Å²) in [6, 6.07) is 5.90. The van der Waals surface area contributed by atoms with Crippen LogP contribution in [-0.2, 0) is 28.7 Å². The van der Waals surface area contributed by atoms with Crippen LogP contribution in [0.25, 0.3) is 11.4 Å². The van der Waals surface area contributed by atoms with Crippen LogP contribution in [0.5, 0.6) is 0 Å². The number of fused-ring (bicyclic) bond motifs is 1. The molecule has 0 spiro atoms. The topological polar surface area (TPSA) is 153 Å². The number of nitrogen functional groups attached to an aromatic ring is 1. The second-order valence-corrected chi connectivity index (χ2v) is 11.6. The first kappa shape index (κ1) is 33.0. The second kappa shape index (κ2) is 13.3. The fourth-order valence-corrected chi connectivity index (χ4v) is 6.03. The maximum absolute atomic E-state index is 14.1. The Hall–Kier alpha value is -4.96. The molecule has 0 aliphatic carbocycles. The molecule has 48 heavy (non-hydrogen) atoms. The summed E-state index contributed by atoms with van der Waals surface area (Å²) in [5.41, 5.74) is 6.58. The van der Waals surface area contributed by atoms with Crippen molar-refractivity contribution in [1.29, 1.82) is 0 Å². The van der Waals surface area contributed by atoms with Gasteiger partial charge in [0.2, 0.25) is 11.7 Å². The fourth-order valence-electron chi connectivity index (χ4n) is 5.80. The molecule has 0 bridgehead atoms. The molecule has 1 saturated heterocycles. The summed E-state index contributed by atoms with van der Waals surface area (Å²) in [5.74, 6) is -0.490. The van der Waals surface area contributed by atoms with Gasteiger partial charge in [0, 0.05) is 32.4 Å². The summed E-state index contributed by atoms with van der Waals surface area (Å²) in [4.78, 5) is 53.0. The molecule has 1 aromatic carbocycles. The number of rotatable bonds is 7. The SMILES string of the molecule is CCc1c(N2CCN(C(=O)c3ncccc3N)CC2)c(=O)n2nc(C3=CCOCC3)nc2n1CC(=O)Nc1ccc(C(F)(F)F)cc1Cl. The van der Waals surface area contributed by atoms with Crippen LogP contribution in [0.2, 0.25) is 5.02 Å². The summed E-state index contributed by atoms with van der Waals surface area (Å²) >= 11 is 6.10. The monoisotopic (exact) mass is 685 g/mol. The third-order valence-corrected chi connectivity index (χ3v) is 8.52. The van der Waals surface area contributed by atoms with E-state index in [1.807, 2.05) is 17.9 Å². The minimum absolute atomic E-state index is 0.00569. The summed E-state index contributed by atoms with van der Waals surface area (Å²) < 4.78 is 47.6. The Bertz CT molecular complexity index is 1980. The third-order valence-electron chi connectivity index (χ3n) is 8.21. The number of nitrogens with one attached hydrogen (secondary N) is 1. The Labute approximate surface area is 276 Å². The molecule has 252 valence electrons. The van der Waals surface area contributed by atoms with E-state index in [0.717, 1.165) is 28.3 Å². The van der Waals surface area contributed by atoms with Gasteiger partial charge in [-0.15, -0.1) is 5.10 Å². The zero-order valence-electron chi connectivity index (χ0n) is 25.8. The normalized spacial score (nSPS) is 15.5. The van der Waals surface area contributed by atoms with Gasteiger partial charge in [-0.1, -0.05) is 24.6 Å². The number of ether oxygens (including phenoxy) is 1. The van der Waals surface area contributed by atoms with Crippen LogP contribution in [0, 0.1) is 0 Å². The molecule has 2 aliphatic rings. The second-order valence-electron chi connectivity index (χ2n) is 11.2. The van der Waals surface area contributed by atoms with Gasteiger partial charge >= 0.3 is 6.18 Å². The van der Waals surface area contributed by atoms with Gasteiger partial charge in [0.25, 0.3) is 11.5 Å².